The lowest BCUT2D eigenvalue weighted by molar-refractivity contribution is 0.00646. The fraction of sp³-hybridized carbons (Fsp3) is 1.00. The molecule has 3 unspecified atom stereocenters. The van der Waals surface area contributed by atoms with E-state index in [-0.39, 0.29) is 0 Å². The molecule has 2 heteroatoms. The van der Waals surface area contributed by atoms with Crippen molar-refractivity contribution in [1.29, 1.82) is 0 Å². The van der Waals surface area contributed by atoms with E-state index in [0.717, 1.165) is 18.6 Å². The molecular formula is C17H34N2. The van der Waals surface area contributed by atoms with Gasteiger partial charge in [0.2, 0.25) is 0 Å². The molecule has 3 atom stereocenters. The maximum absolute atomic E-state index is 3.83. The topological polar surface area (TPSA) is 15.3 Å². The highest BCUT2D eigenvalue weighted by Crippen LogP contribution is 2.39. The second-order valence-corrected chi connectivity index (χ2v) is 7.28. The summed E-state index contributed by atoms with van der Waals surface area (Å²) in [5.74, 6) is 0. The highest BCUT2D eigenvalue weighted by atomic mass is 15.2. The number of nitrogens with zero attached hydrogens (tertiary/aromatic N) is 1. The lowest BCUT2D eigenvalue weighted by Gasteiger charge is -2.52. The maximum Gasteiger partial charge on any atom is 0.0274 e. The number of piperidine rings is 1. The van der Waals surface area contributed by atoms with Gasteiger partial charge in [0, 0.05) is 18.1 Å². The number of rotatable bonds is 4. The summed E-state index contributed by atoms with van der Waals surface area (Å²) >= 11 is 0. The van der Waals surface area contributed by atoms with Crippen LogP contribution in [-0.2, 0) is 0 Å². The molecule has 2 fully saturated rings. The largest absolute Gasteiger partial charge is 0.312 e. The van der Waals surface area contributed by atoms with Gasteiger partial charge in [-0.05, 0) is 50.6 Å². The van der Waals surface area contributed by atoms with Crippen LogP contribution in [0.15, 0.2) is 0 Å². The molecule has 1 saturated carbocycles. The first-order valence-electron chi connectivity index (χ1n) is 8.59. The fourth-order valence-corrected chi connectivity index (χ4v) is 4.50. The molecular weight excluding hydrogens is 232 g/mol. The summed E-state index contributed by atoms with van der Waals surface area (Å²) in [5.41, 5.74) is 0.453. The van der Waals surface area contributed by atoms with E-state index in [0.29, 0.717) is 11.5 Å². The third kappa shape index (κ3) is 3.33. The molecule has 1 heterocycles. The Hall–Kier alpha value is -0.0800. The van der Waals surface area contributed by atoms with Gasteiger partial charge < -0.3 is 5.32 Å². The average Bonchev–Trinajstić information content (AvgIpc) is 2.41. The number of nitrogens with one attached hydrogen (secondary N) is 1. The number of likely N-dealkylation sites (tertiary alicyclic amines) is 1. The van der Waals surface area contributed by atoms with E-state index < -0.39 is 0 Å². The fourth-order valence-electron chi connectivity index (χ4n) is 4.50. The van der Waals surface area contributed by atoms with E-state index in [9.17, 15) is 0 Å². The van der Waals surface area contributed by atoms with Crippen molar-refractivity contribution in [3.05, 3.63) is 0 Å². The summed E-state index contributed by atoms with van der Waals surface area (Å²) < 4.78 is 0. The molecule has 0 bridgehead atoms. The van der Waals surface area contributed by atoms with Gasteiger partial charge in [0.25, 0.3) is 0 Å². The van der Waals surface area contributed by atoms with Crippen LogP contribution in [0.3, 0.4) is 0 Å². The van der Waals surface area contributed by atoms with Crippen molar-refractivity contribution >= 4 is 0 Å². The third-order valence-corrected chi connectivity index (χ3v) is 5.54. The normalized spacial score (nSPS) is 36.3. The van der Waals surface area contributed by atoms with E-state index in [1.54, 1.807) is 0 Å². The molecule has 0 aromatic rings. The Balaban J connectivity index is 2.14. The summed E-state index contributed by atoms with van der Waals surface area (Å²) in [6.07, 6.45) is 9.79. The molecule has 2 rings (SSSR count). The van der Waals surface area contributed by atoms with Crippen LogP contribution in [0.5, 0.6) is 0 Å². The first-order chi connectivity index (χ1) is 9.10. The van der Waals surface area contributed by atoms with Crippen molar-refractivity contribution < 1.29 is 0 Å². The molecule has 19 heavy (non-hydrogen) atoms. The average molecular weight is 266 g/mol. The number of hydrogen-bond donors (Lipinski definition) is 1. The van der Waals surface area contributed by atoms with E-state index in [4.69, 9.17) is 0 Å². The minimum Gasteiger partial charge on any atom is -0.312 e. The minimum atomic E-state index is 0.453. The first kappa shape index (κ1) is 15.3. The molecule has 2 nitrogen and oxygen atoms in total. The minimum absolute atomic E-state index is 0.453. The second kappa shape index (κ2) is 6.58. The van der Waals surface area contributed by atoms with E-state index >= 15 is 0 Å². The molecule has 1 saturated heterocycles. The Morgan fingerprint density at radius 3 is 2.58 bits per heavy atom. The van der Waals surface area contributed by atoms with Crippen LogP contribution in [0.25, 0.3) is 0 Å². The SMILES string of the molecule is CCNC1C(N2CCCCC2CC)CCCC1(C)C. The van der Waals surface area contributed by atoms with Crippen LogP contribution in [0.2, 0.25) is 0 Å². The van der Waals surface area contributed by atoms with Gasteiger partial charge in [-0.2, -0.15) is 0 Å². The Morgan fingerprint density at radius 1 is 1.11 bits per heavy atom. The smallest absolute Gasteiger partial charge is 0.0274 e. The summed E-state index contributed by atoms with van der Waals surface area (Å²) in [4.78, 5) is 2.87. The molecule has 0 radical (unpaired) electrons. The lowest BCUT2D eigenvalue weighted by Crippen LogP contribution is -2.61. The molecule has 0 spiro atoms. The summed E-state index contributed by atoms with van der Waals surface area (Å²) in [5, 5.41) is 3.83. The Kier molecular flexibility index (Phi) is 5.30. The highest BCUT2D eigenvalue weighted by molar-refractivity contribution is 4.99. The molecule has 2 aliphatic rings. The molecule has 0 aromatic heterocycles. The number of hydrogen-bond acceptors (Lipinski definition) is 2. The number of likely N-dealkylation sites (N-methyl/N-ethyl adjacent to an activating group) is 1. The van der Waals surface area contributed by atoms with Gasteiger partial charge in [-0.15, -0.1) is 0 Å². The second-order valence-electron chi connectivity index (χ2n) is 7.28. The lowest BCUT2D eigenvalue weighted by atomic mass is 9.69. The van der Waals surface area contributed by atoms with E-state index in [1.165, 1.54) is 51.5 Å². The van der Waals surface area contributed by atoms with Crippen molar-refractivity contribution in [2.45, 2.75) is 90.8 Å². The zero-order chi connectivity index (χ0) is 13.9. The van der Waals surface area contributed by atoms with Gasteiger partial charge in [-0.25, -0.2) is 0 Å². The quantitative estimate of drug-likeness (QED) is 0.832. The molecule has 0 aromatic carbocycles. The van der Waals surface area contributed by atoms with Crippen LogP contribution >= 0.6 is 0 Å². The van der Waals surface area contributed by atoms with Crippen molar-refractivity contribution in [1.82, 2.24) is 10.2 Å². The Morgan fingerprint density at radius 2 is 1.89 bits per heavy atom. The Labute approximate surface area is 120 Å². The van der Waals surface area contributed by atoms with Gasteiger partial charge in [0.05, 0.1) is 0 Å². The molecule has 1 aliphatic heterocycles. The van der Waals surface area contributed by atoms with Gasteiger partial charge in [0.15, 0.2) is 0 Å². The van der Waals surface area contributed by atoms with Crippen molar-refractivity contribution in [2.24, 2.45) is 5.41 Å². The van der Waals surface area contributed by atoms with Gasteiger partial charge in [-0.1, -0.05) is 40.5 Å². The van der Waals surface area contributed by atoms with Crippen LogP contribution in [-0.4, -0.2) is 36.1 Å². The predicted molar refractivity (Wildman–Crippen MR) is 83.5 cm³/mol. The van der Waals surface area contributed by atoms with Gasteiger partial charge >= 0.3 is 0 Å². The maximum atomic E-state index is 3.83. The van der Waals surface area contributed by atoms with Crippen molar-refractivity contribution in [3.8, 4) is 0 Å². The summed E-state index contributed by atoms with van der Waals surface area (Å²) in [7, 11) is 0. The first-order valence-corrected chi connectivity index (χ1v) is 8.59. The van der Waals surface area contributed by atoms with Crippen molar-refractivity contribution in [3.63, 3.8) is 0 Å². The van der Waals surface area contributed by atoms with Crippen LogP contribution < -0.4 is 5.32 Å². The zero-order valence-electron chi connectivity index (χ0n) is 13.5. The molecule has 112 valence electrons. The zero-order valence-corrected chi connectivity index (χ0v) is 13.5. The molecule has 0 amide bonds. The molecule has 1 aliphatic carbocycles. The van der Waals surface area contributed by atoms with E-state index in [2.05, 4.69) is 37.9 Å². The summed E-state index contributed by atoms with van der Waals surface area (Å²) in [6.45, 7) is 12.0. The standard InChI is InChI=1S/C17H34N2/c1-5-14-10-7-8-13-19(14)15-11-9-12-17(3,4)16(15)18-6-2/h14-16,18H,5-13H2,1-4H3. The summed E-state index contributed by atoms with van der Waals surface area (Å²) in [6, 6.07) is 2.29. The molecule has 1 N–H and O–H groups in total. The van der Waals surface area contributed by atoms with Crippen LogP contribution in [0.4, 0.5) is 0 Å². The van der Waals surface area contributed by atoms with Gasteiger partial charge in [0.1, 0.15) is 0 Å². The van der Waals surface area contributed by atoms with Crippen LogP contribution in [0.1, 0.15) is 72.6 Å². The van der Waals surface area contributed by atoms with Crippen LogP contribution in [0, 0.1) is 5.41 Å². The van der Waals surface area contributed by atoms with E-state index in [1.807, 2.05) is 0 Å². The highest BCUT2D eigenvalue weighted by Gasteiger charge is 2.42. The van der Waals surface area contributed by atoms with Crippen molar-refractivity contribution in [2.75, 3.05) is 13.1 Å². The monoisotopic (exact) mass is 266 g/mol. The Bertz CT molecular complexity index is 274. The van der Waals surface area contributed by atoms with Gasteiger partial charge in [-0.3, -0.25) is 4.90 Å². The predicted octanol–water partition coefficient (Wildman–Crippen LogP) is 3.81. The third-order valence-electron chi connectivity index (χ3n) is 5.54.